The number of benzene rings is 1. The molecule has 1 unspecified atom stereocenters. The van der Waals surface area contributed by atoms with Gasteiger partial charge in [-0.3, -0.25) is 9.59 Å². The molecule has 0 bridgehead atoms. The molecular formula is C10H8BrClO2. The molecule has 0 aliphatic carbocycles. The van der Waals surface area contributed by atoms with Crippen LogP contribution in [0, 0.1) is 0 Å². The van der Waals surface area contributed by atoms with E-state index in [0.29, 0.717) is 15.6 Å². The van der Waals surface area contributed by atoms with Crippen LogP contribution in [0.3, 0.4) is 0 Å². The molecule has 0 saturated heterocycles. The van der Waals surface area contributed by atoms with Gasteiger partial charge in [-0.1, -0.05) is 18.2 Å². The standard InChI is InChI=1S/C10H8BrClO2/c1-6(14)10(12)8-4-2-3-7(5-13)9(8)11/h2-5,10H,1H3. The minimum atomic E-state index is -0.704. The van der Waals surface area contributed by atoms with Crippen LogP contribution in [0.1, 0.15) is 28.2 Å². The van der Waals surface area contributed by atoms with Gasteiger partial charge in [0, 0.05) is 10.0 Å². The molecule has 0 spiro atoms. The van der Waals surface area contributed by atoms with Gasteiger partial charge in [0.05, 0.1) is 0 Å². The van der Waals surface area contributed by atoms with Gasteiger partial charge in [0.2, 0.25) is 0 Å². The molecule has 14 heavy (non-hydrogen) atoms. The van der Waals surface area contributed by atoms with Gasteiger partial charge >= 0.3 is 0 Å². The molecule has 0 heterocycles. The third-order valence-corrected chi connectivity index (χ3v) is 3.27. The van der Waals surface area contributed by atoms with Crippen LogP contribution in [0.25, 0.3) is 0 Å². The van der Waals surface area contributed by atoms with E-state index in [2.05, 4.69) is 15.9 Å². The summed E-state index contributed by atoms with van der Waals surface area (Å²) in [4.78, 5) is 21.7. The quantitative estimate of drug-likeness (QED) is 0.627. The maximum absolute atomic E-state index is 11.1. The van der Waals surface area contributed by atoms with Crippen molar-refractivity contribution >= 4 is 39.6 Å². The second-order valence-corrected chi connectivity index (χ2v) is 4.07. The van der Waals surface area contributed by atoms with Crippen molar-refractivity contribution in [1.29, 1.82) is 0 Å². The zero-order valence-electron chi connectivity index (χ0n) is 7.46. The minimum Gasteiger partial charge on any atom is -0.298 e. The Morgan fingerprint density at radius 2 is 2.21 bits per heavy atom. The van der Waals surface area contributed by atoms with E-state index in [9.17, 15) is 9.59 Å². The average Bonchev–Trinajstić information content (AvgIpc) is 2.17. The lowest BCUT2D eigenvalue weighted by Gasteiger charge is -2.09. The van der Waals surface area contributed by atoms with Crippen molar-refractivity contribution in [2.24, 2.45) is 0 Å². The maximum Gasteiger partial charge on any atom is 0.152 e. The smallest absolute Gasteiger partial charge is 0.152 e. The Kier molecular flexibility index (Phi) is 3.84. The molecule has 1 rings (SSSR count). The van der Waals surface area contributed by atoms with E-state index in [1.165, 1.54) is 6.92 Å². The Morgan fingerprint density at radius 3 is 2.71 bits per heavy atom. The summed E-state index contributed by atoms with van der Waals surface area (Å²) in [5.74, 6) is -0.143. The molecule has 4 heteroatoms. The summed E-state index contributed by atoms with van der Waals surface area (Å²) < 4.78 is 0.588. The number of rotatable bonds is 3. The summed E-state index contributed by atoms with van der Waals surface area (Å²) in [6.45, 7) is 1.41. The van der Waals surface area contributed by atoms with Crippen LogP contribution in [0.4, 0.5) is 0 Å². The molecule has 0 amide bonds. The van der Waals surface area contributed by atoms with Crippen molar-refractivity contribution in [2.75, 3.05) is 0 Å². The largest absolute Gasteiger partial charge is 0.298 e. The normalized spacial score (nSPS) is 12.2. The molecule has 0 aromatic heterocycles. The lowest BCUT2D eigenvalue weighted by atomic mass is 10.1. The molecule has 2 nitrogen and oxygen atoms in total. The number of hydrogen-bond donors (Lipinski definition) is 0. The second kappa shape index (κ2) is 4.71. The van der Waals surface area contributed by atoms with Crippen molar-refractivity contribution < 1.29 is 9.59 Å². The van der Waals surface area contributed by atoms with Gasteiger partial charge in [0.15, 0.2) is 12.1 Å². The molecule has 0 fully saturated rings. The Labute approximate surface area is 95.4 Å². The molecule has 74 valence electrons. The van der Waals surface area contributed by atoms with Crippen LogP contribution in [0.2, 0.25) is 0 Å². The molecule has 1 aromatic carbocycles. The van der Waals surface area contributed by atoms with Gasteiger partial charge < -0.3 is 0 Å². The zero-order chi connectivity index (χ0) is 10.7. The monoisotopic (exact) mass is 274 g/mol. The van der Waals surface area contributed by atoms with Crippen LogP contribution in [0.5, 0.6) is 0 Å². The third kappa shape index (κ3) is 2.22. The van der Waals surface area contributed by atoms with Gasteiger partial charge in [0.25, 0.3) is 0 Å². The predicted molar refractivity (Wildman–Crippen MR) is 58.8 cm³/mol. The number of ketones is 1. The first kappa shape index (κ1) is 11.4. The Balaban J connectivity index is 3.21. The SMILES string of the molecule is CC(=O)C(Cl)c1cccc(C=O)c1Br. The molecule has 1 atom stereocenters. The summed E-state index contributed by atoms with van der Waals surface area (Å²) >= 11 is 9.12. The third-order valence-electron chi connectivity index (χ3n) is 1.82. The van der Waals surface area contributed by atoms with E-state index in [1.807, 2.05) is 0 Å². The predicted octanol–water partition coefficient (Wildman–Crippen LogP) is 3.13. The highest BCUT2D eigenvalue weighted by atomic mass is 79.9. The Bertz CT molecular complexity index is 376. The number of hydrogen-bond acceptors (Lipinski definition) is 2. The van der Waals surface area contributed by atoms with E-state index in [4.69, 9.17) is 11.6 Å². The van der Waals surface area contributed by atoms with E-state index in [-0.39, 0.29) is 5.78 Å². The molecule has 0 aliphatic rings. The van der Waals surface area contributed by atoms with E-state index >= 15 is 0 Å². The number of Topliss-reactive ketones (excluding diaryl/α,β-unsaturated/α-hetero) is 1. The molecule has 1 aromatic rings. The van der Waals surface area contributed by atoms with Crippen molar-refractivity contribution in [3.8, 4) is 0 Å². The molecule has 0 radical (unpaired) electrons. The van der Waals surface area contributed by atoms with Crippen LogP contribution in [-0.4, -0.2) is 12.1 Å². The lowest BCUT2D eigenvalue weighted by molar-refractivity contribution is -0.116. The van der Waals surface area contributed by atoms with E-state index in [1.54, 1.807) is 18.2 Å². The first-order chi connectivity index (χ1) is 6.57. The van der Waals surface area contributed by atoms with Crippen molar-refractivity contribution in [3.05, 3.63) is 33.8 Å². The van der Waals surface area contributed by atoms with Gasteiger partial charge in [-0.2, -0.15) is 0 Å². The summed E-state index contributed by atoms with van der Waals surface area (Å²) in [6, 6.07) is 5.07. The first-order valence-corrected chi connectivity index (χ1v) is 5.19. The molecule has 0 saturated carbocycles. The van der Waals surface area contributed by atoms with Crippen LogP contribution in [0.15, 0.2) is 22.7 Å². The number of carbonyl (C=O) groups is 2. The van der Waals surface area contributed by atoms with Gasteiger partial charge in [-0.25, -0.2) is 0 Å². The van der Waals surface area contributed by atoms with Gasteiger partial charge in [-0.15, -0.1) is 11.6 Å². The van der Waals surface area contributed by atoms with Crippen LogP contribution in [-0.2, 0) is 4.79 Å². The number of halogens is 2. The van der Waals surface area contributed by atoms with Crippen LogP contribution >= 0.6 is 27.5 Å². The van der Waals surface area contributed by atoms with Crippen molar-refractivity contribution in [1.82, 2.24) is 0 Å². The van der Waals surface area contributed by atoms with Gasteiger partial charge in [-0.05, 0) is 28.4 Å². The highest BCUT2D eigenvalue weighted by molar-refractivity contribution is 9.10. The number of alkyl halides is 1. The molecule has 0 N–H and O–H groups in total. The van der Waals surface area contributed by atoms with Crippen molar-refractivity contribution in [2.45, 2.75) is 12.3 Å². The second-order valence-electron chi connectivity index (χ2n) is 2.84. The van der Waals surface area contributed by atoms with E-state index < -0.39 is 5.38 Å². The highest BCUT2D eigenvalue weighted by Gasteiger charge is 2.17. The summed E-state index contributed by atoms with van der Waals surface area (Å²) in [7, 11) is 0. The topological polar surface area (TPSA) is 34.1 Å². The molecular weight excluding hydrogens is 267 g/mol. The number of carbonyl (C=O) groups excluding carboxylic acids is 2. The van der Waals surface area contributed by atoms with Crippen LogP contribution < -0.4 is 0 Å². The number of aldehydes is 1. The minimum absolute atomic E-state index is 0.143. The fourth-order valence-corrected chi connectivity index (χ4v) is 1.97. The lowest BCUT2D eigenvalue weighted by Crippen LogP contribution is -2.03. The molecule has 0 aliphatic heterocycles. The van der Waals surface area contributed by atoms with E-state index in [0.717, 1.165) is 6.29 Å². The van der Waals surface area contributed by atoms with Gasteiger partial charge in [0.1, 0.15) is 5.38 Å². The summed E-state index contributed by atoms with van der Waals surface area (Å²) in [5, 5.41) is -0.704. The highest BCUT2D eigenvalue weighted by Crippen LogP contribution is 2.30. The fourth-order valence-electron chi connectivity index (χ4n) is 1.07. The fraction of sp³-hybridized carbons (Fsp3) is 0.200. The summed E-state index contributed by atoms with van der Waals surface area (Å²) in [6.07, 6.45) is 0.720. The maximum atomic E-state index is 11.1. The zero-order valence-corrected chi connectivity index (χ0v) is 9.80. The first-order valence-electron chi connectivity index (χ1n) is 3.96. The summed E-state index contributed by atoms with van der Waals surface area (Å²) in [5.41, 5.74) is 1.12. The Morgan fingerprint density at radius 1 is 1.57 bits per heavy atom. The Hall–Kier alpha value is -0.670. The van der Waals surface area contributed by atoms with Crippen molar-refractivity contribution in [3.63, 3.8) is 0 Å². The average molecular weight is 276 g/mol.